The van der Waals surface area contributed by atoms with E-state index in [-0.39, 0.29) is 12.1 Å². The fraction of sp³-hybridized carbons (Fsp3) is 0.625. The minimum atomic E-state index is -4.27. The molecule has 0 radical (unpaired) electrons. The Balaban J connectivity index is 1.42. The molecule has 2 fully saturated rings. The Labute approximate surface area is 171 Å². The highest BCUT2D eigenvalue weighted by Crippen LogP contribution is 2.43. The molecule has 0 spiro atoms. The molecule has 0 unspecified atom stereocenters. The number of halogens is 3. The number of ether oxygens (including phenoxy) is 1. The molecule has 1 aromatic carbocycles. The summed E-state index contributed by atoms with van der Waals surface area (Å²) in [6, 6.07) is 5.72. The van der Waals surface area contributed by atoms with Gasteiger partial charge in [-0.25, -0.2) is 0 Å². The maximum Gasteiger partial charge on any atom is 0.416 e. The van der Waals surface area contributed by atoms with Crippen LogP contribution in [-0.2, 0) is 15.7 Å². The first-order valence-corrected chi connectivity index (χ1v) is 10.8. The summed E-state index contributed by atoms with van der Waals surface area (Å²) < 4.78 is 43.8. The van der Waals surface area contributed by atoms with Crippen LogP contribution in [0, 0.1) is 11.8 Å². The van der Waals surface area contributed by atoms with Crippen molar-refractivity contribution < 1.29 is 22.7 Å². The Morgan fingerprint density at radius 1 is 0.966 bits per heavy atom. The van der Waals surface area contributed by atoms with E-state index >= 15 is 0 Å². The Bertz CT molecular complexity index is 664. The van der Waals surface area contributed by atoms with Crippen molar-refractivity contribution >= 4 is 5.97 Å². The molecule has 3 rings (SSSR count). The summed E-state index contributed by atoms with van der Waals surface area (Å²) >= 11 is 0. The zero-order chi connectivity index (χ0) is 20.9. The Morgan fingerprint density at radius 2 is 1.52 bits per heavy atom. The average molecular weight is 409 g/mol. The molecule has 0 heterocycles. The van der Waals surface area contributed by atoms with Gasteiger partial charge in [0.2, 0.25) is 0 Å². The molecule has 2 nitrogen and oxygen atoms in total. The molecule has 0 aromatic heterocycles. The van der Waals surface area contributed by atoms with Crippen molar-refractivity contribution in [3.05, 3.63) is 48.0 Å². The normalized spacial score (nSPS) is 28.0. The van der Waals surface area contributed by atoms with Crippen molar-refractivity contribution in [3.8, 4) is 0 Å². The number of allylic oxidation sites excluding steroid dienone is 1. The molecule has 0 amide bonds. The number of carbonyl (C=O) groups excluding carboxylic acids is 1. The summed E-state index contributed by atoms with van der Waals surface area (Å²) in [6.07, 6.45) is 7.09. The summed E-state index contributed by atoms with van der Waals surface area (Å²) in [6.45, 7) is 3.63. The van der Waals surface area contributed by atoms with Crippen molar-refractivity contribution in [2.24, 2.45) is 11.8 Å². The van der Waals surface area contributed by atoms with Gasteiger partial charge in [-0.15, -0.1) is 6.58 Å². The fourth-order valence-electron chi connectivity index (χ4n) is 5.01. The van der Waals surface area contributed by atoms with Gasteiger partial charge in [0, 0.05) is 6.42 Å². The van der Waals surface area contributed by atoms with Gasteiger partial charge in [0.05, 0.1) is 5.56 Å². The van der Waals surface area contributed by atoms with Crippen LogP contribution < -0.4 is 0 Å². The third-order valence-corrected chi connectivity index (χ3v) is 6.72. The van der Waals surface area contributed by atoms with Crippen LogP contribution in [0.3, 0.4) is 0 Å². The van der Waals surface area contributed by atoms with Crippen LogP contribution in [0.4, 0.5) is 13.2 Å². The number of benzene rings is 1. The molecule has 0 aliphatic heterocycles. The number of hydrogen-bond acceptors (Lipinski definition) is 2. The highest BCUT2D eigenvalue weighted by Gasteiger charge is 2.33. The molecule has 0 saturated heterocycles. The lowest BCUT2D eigenvalue weighted by Gasteiger charge is -2.37. The van der Waals surface area contributed by atoms with Crippen molar-refractivity contribution in [2.75, 3.05) is 0 Å². The molecule has 2 aliphatic rings. The number of carbonyl (C=O) groups is 1. The molecule has 0 atom stereocenters. The molecule has 160 valence electrons. The Morgan fingerprint density at radius 3 is 2.03 bits per heavy atom. The van der Waals surface area contributed by atoms with Gasteiger partial charge in [0.15, 0.2) is 0 Å². The second-order valence-corrected chi connectivity index (χ2v) is 8.59. The largest absolute Gasteiger partial charge is 0.462 e. The highest BCUT2D eigenvalue weighted by molar-refractivity contribution is 5.69. The van der Waals surface area contributed by atoms with Crippen LogP contribution >= 0.6 is 0 Å². The van der Waals surface area contributed by atoms with E-state index < -0.39 is 11.7 Å². The number of rotatable bonds is 6. The van der Waals surface area contributed by atoms with Gasteiger partial charge >= 0.3 is 12.1 Å². The summed E-state index contributed by atoms with van der Waals surface area (Å²) in [7, 11) is 0. The van der Waals surface area contributed by atoms with E-state index in [0.717, 1.165) is 56.9 Å². The van der Waals surface area contributed by atoms with Crippen molar-refractivity contribution in [1.82, 2.24) is 0 Å². The molecule has 2 saturated carbocycles. The fourth-order valence-corrected chi connectivity index (χ4v) is 5.01. The van der Waals surface area contributed by atoms with E-state index in [2.05, 4.69) is 6.58 Å². The summed E-state index contributed by atoms with van der Waals surface area (Å²) in [5.74, 6) is 1.63. The van der Waals surface area contributed by atoms with Gasteiger partial charge in [-0.1, -0.05) is 18.2 Å². The number of alkyl halides is 3. The highest BCUT2D eigenvalue weighted by atomic mass is 19.4. The van der Waals surface area contributed by atoms with Crippen molar-refractivity contribution in [1.29, 1.82) is 0 Å². The lowest BCUT2D eigenvalue weighted by Crippen LogP contribution is -2.29. The lowest BCUT2D eigenvalue weighted by molar-refractivity contribution is -0.151. The average Bonchev–Trinajstić information content (AvgIpc) is 2.72. The van der Waals surface area contributed by atoms with Gasteiger partial charge < -0.3 is 4.74 Å². The molecule has 29 heavy (non-hydrogen) atoms. The molecular formula is C24H31F3O2. The zero-order valence-electron chi connectivity index (χ0n) is 16.9. The minimum Gasteiger partial charge on any atom is -0.462 e. The first-order valence-electron chi connectivity index (χ1n) is 10.8. The Hall–Kier alpha value is -1.78. The predicted molar refractivity (Wildman–Crippen MR) is 107 cm³/mol. The van der Waals surface area contributed by atoms with Gasteiger partial charge in [0.1, 0.15) is 6.10 Å². The van der Waals surface area contributed by atoms with Crippen LogP contribution in [0.15, 0.2) is 36.9 Å². The third kappa shape index (κ3) is 6.10. The van der Waals surface area contributed by atoms with E-state index in [1.54, 1.807) is 18.2 Å². The van der Waals surface area contributed by atoms with E-state index in [9.17, 15) is 18.0 Å². The van der Waals surface area contributed by atoms with Crippen LogP contribution in [0.5, 0.6) is 0 Å². The molecule has 2 aliphatic carbocycles. The van der Waals surface area contributed by atoms with E-state index in [1.807, 2.05) is 0 Å². The van der Waals surface area contributed by atoms with Crippen molar-refractivity contribution in [3.63, 3.8) is 0 Å². The molecule has 0 bridgehead atoms. The van der Waals surface area contributed by atoms with Gasteiger partial charge in [0.25, 0.3) is 0 Å². The van der Waals surface area contributed by atoms with Crippen LogP contribution in [-0.4, -0.2) is 12.1 Å². The van der Waals surface area contributed by atoms with E-state index in [0.29, 0.717) is 30.6 Å². The van der Waals surface area contributed by atoms with Gasteiger partial charge in [-0.2, -0.15) is 13.2 Å². The maximum absolute atomic E-state index is 12.7. The standard InChI is InChI=1S/C24H31F3O2/c1-2-3-4-23(28)29-22-15-11-20(12-16-22)18-7-5-17(6-8-18)19-9-13-21(14-10-19)24(25,26)27/h2,9-10,13-14,17-18,20,22H,1,3-8,11-12,15-16H2. The third-order valence-electron chi connectivity index (χ3n) is 6.72. The monoisotopic (exact) mass is 408 g/mol. The van der Waals surface area contributed by atoms with Crippen LogP contribution in [0.25, 0.3) is 0 Å². The van der Waals surface area contributed by atoms with E-state index in [1.165, 1.54) is 12.1 Å². The minimum absolute atomic E-state index is 0.0621. The SMILES string of the molecule is C=CCCC(=O)OC1CCC(C2CCC(c3ccc(C(F)(F)F)cc3)CC2)CC1. The van der Waals surface area contributed by atoms with Gasteiger partial charge in [-0.3, -0.25) is 4.79 Å². The zero-order valence-corrected chi connectivity index (χ0v) is 16.9. The second-order valence-electron chi connectivity index (χ2n) is 8.59. The van der Waals surface area contributed by atoms with Crippen molar-refractivity contribution in [2.45, 2.75) is 82.4 Å². The summed E-state index contributed by atoms with van der Waals surface area (Å²) in [5, 5.41) is 0. The van der Waals surface area contributed by atoms with Gasteiger partial charge in [-0.05, 0) is 93.2 Å². The van der Waals surface area contributed by atoms with E-state index in [4.69, 9.17) is 4.74 Å². The number of esters is 1. The van der Waals surface area contributed by atoms with Crippen LogP contribution in [0.1, 0.15) is 81.3 Å². The summed E-state index contributed by atoms with van der Waals surface area (Å²) in [5.41, 5.74) is 0.462. The molecule has 1 aromatic rings. The maximum atomic E-state index is 12.7. The smallest absolute Gasteiger partial charge is 0.416 e. The summed E-state index contributed by atoms with van der Waals surface area (Å²) in [4.78, 5) is 11.8. The van der Waals surface area contributed by atoms with Crippen LogP contribution in [0.2, 0.25) is 0 Å². The first kappa shape index (κ1) is 21.9. The predicted octanol–water partition coefficient (Wildman–Crippen LogP) is 7.05. The lowest BCUT2D eigenvalue weighted by atomic mass is 9.69. The number of hydrogen-bond donors (Lipinski definition) is 0. The Kier molecular flexibility index (Phi) is 7.42. The first-order chi connectivity index (χ1) is 13.9. The topological polar surface area (TPSA) is 26.3 Å². The molecular weight excluding hydrogens is 377 g/mol. The molecule has 0 N–H and O–H groups in total. The second kappa shape index (κ2) is 9.82. The quantitative estimate of drug-likeness (QED) is 0.372. The molecule has 5 heteroatoms.